The van der Waals surface area contributed by atoms with E-state index in [0.29, 0.717) is 0 Å². The first kappa shape index (κ1) is 13.4. The van der Waals surface area contributed by atoms with Gasteiger partial charge >= 0.3 is 0 Å². The SMILES string of the molecule is CC(=O)C(C(C)=O)=C(C(C)=O)C(=O)CN. The smallest absolute Gasteiger partial charge is 0.180 e. The standard InChI is InChI=1S/C10H13NO4/c1-5(12)9(6(2)13)10(7(3)14)8(15)4-11/h4,11H2,1-3H3. The van der Waals surface area contributed by atoms with Gasteiger partial charge < -0.3 is 5.73 Å². The summed E-state index contributed by atoms with van der Waals surface area (Å²) in [6.07, 6.45) is 0. The van der Waals surface area contributed by atoms with Crippen LogP contribution >= 0.6 is 0 Å². The third-order valence-electron chi connectivity index (χ3n) is 1.77. The highest BCUT2D eigenvalue weighted by Gasteiger charge is 2.24. The van der Waals surface area contributed by atoms with Gasteiger partial charge in [0.25, 0.3) is 0 Å². The van der Waals surface area contributed by atoms with E-state index in [2.05, 4.69) is 0 Å². The maximum absolute atomic E-state index is 11.3. The van der Waals surface area contributed by atoms with Gasteiger partial charge in [0.15, 0.2) is 23.1 Å². The van der Waals surface area contributed by atoms with Crippen molar-refractivity contribution in [1.82, 2.24) is 0 Å². The van der Waals surface area contributed by atoms with Crippen molar-refractivity contribution in [2.24, 2.45) is 5.73 Å². The zero-order valence-electron chi connectivity index (χ0n) is 8.92. The first-order valence-corrected chi connectivity index (χ1v) is 4.33. The monoisotopic (exact) mass is 211 g/mol. The molecule has 0 saturated carbocycles. The molecule has 2 N–H and O–H groups in total. The maximum Gasteiger partial charge on any atom is 0.180 e. The third-order valence-corrected chi connectivity index (χ3v) is 1.77. The second-order valence-corrected chi connectivity index (χ2v) is 3.05. The molecule has 0 aliphatic carbocycles. The number of rotatable bonds is 5. The van der Waals surface area contributed by atoms with Crippen LogP contribution in [0.25, 0.3) is 0 Å². The van der Waals surface area contributed by atoms with Crippen molar-refractivity contribution in [3.63, 3.8) is 0 Å². The summed E-state index contributed by atoms with van der Waals surface area (Å²) >= 11 is 0. The summed E-state index contributed by atoms with van der Waals surface area (Å²) in [6, 6.07) is 0. The molecule has 0 aromatic carbocycles. The molecule has 0 saturated heterocycles. The van der Waals surface area contributed by atoms with Crippen LogP contribution in [0.4, 0.5) is 0 Å². The number of hydrogen-bond acceptors (Lipinski definition) is 5. The topological polar surface area (TPSA) is 94.3 Å². The van der Waals surface area contributed by atoms with E-state index in [0.717, 1.165) is 20.8 Å². The van der Waals surface area contributed by atoms with Crippen LogP contribution in [0.2, 0.25) is 0 Å². The normalized spacial score (nSPS) is 9.33. The van der Waals surface area contributed by atoms with Crippen molar-refractivity contribution in [3.05, 3.63) is 11.1 Å². The molecule has 5 heteroatoms. The van der Waals surface area contributed by atoms with Gasteiger partial charge in [0.05, 0.1) is 17.7 Å². The second-order valence-electron chi connectivity index (χ2n) is 3.05. The fourth-order valence-electron chi connectivity index (χ4n) is 1.21. The summed E-state index contributed by atoms with van der Waals surface area (Å²) < 4.78 is 0. The largest absolute Gasteiger partial charge is 0.324 e. The zero-order valence-corrected chi connectivity index (χ0v) is 8.92. The van der Waals surface area contributed by atoms with Gasteiger partial charge in [0.1, 0.15) is 0 Å². The Balaban J connectivity index is 5.79. The predicted octanol–water partition coefficient (Wildman–Crippen LogP) is -0.422. The first-order valence-electron chi connectivity index (χ1n) is 4.33. The maximum atomic E-state index is 11.3. The molecule has 5 nitrogen and oxygen atoms in total. The summed E-state index contributed by atoms with van der Waals surface area (Å²) in [6.45, 7) is 2.97. The van der Waals surface area contributed by atoms with Crippen molar-refractivity contribution in [2.45, 2.75) is 20.8 Å². The summed E-state index contributed by atoms with van der Waals surface area (Å²) in [5.41, 5.74) is 4.34. The molecular formula is C10H13NO4. The van der Waals surface area contributed by atoms with Gasteiger partial charge in [0.2, 0.25) is 0 Å². The van der Waals surface area contributed by atoms with E-state index in [1.54, 1.807) is 0 Å². The van der Waals surface area contributed by atoms with Gasteiger partial charge in [0, 0.05) is 0 Å². The van der Waals surface area contributed by atoms with E-state index >= 15 is 0 Å². The average Bonchev–Trinajstić information content (AvgIpc) is 2.10. The molecule has 0 atom stereocenters. The van der Waals surface area contributed by atoms with E-state index in [-0.39, 0.29) is 5.57 Å². The highest BCUT2D eigenvalue weighted by atomic mass is 16.2. The van der Waals surface area contributed by atoms with Gasteiger partial charge in [-0.25, -0.2) is 0 Å². The fraction of sp³-hybridized carbons (Fsp3) is 0.400. The van der Waals surface area contributed by atoms with E-state index in [4.69, 9.17) is 5.73 Å². The molecule has 0 aromatic heterocycles. The summed E-state index contributed by atoms with van der Waals surface area (Å²) in [5, 5.41) is 0. The van der Waals surface area contributed by atoms with Crippen LogP contribution in [-0.2, 0) is 19.2 Å². The summed E-state index contributed by atoms with van der Waals surface area (Å²) in [7, 11) is 0. The van der Waals surface area contributed by atoms with Crippen LogP contribution in [0.5, 0.6) is 0 Å². The van der Waals surface area contributed by atoms with E-state index in [1.165, 1.54) is 0 Å². The molecule has 15 heavy (non-hydrogen) atoms. The zero-order chi connectivity index (χ0) is 12.2. The molecule has 0 unspecified atom stereocenters. The Hall–Kier alpha value is -1.62. The predicted molar refractivity (Wildman–Crippen MR) is 53.1 cm³/mol. The summed E-state index contributed by atoms with van der Waals surface area (Å²) in [4.78, 5) is 44.7. The van der Waals surface area contributed by atoms with Crippen molar-refractivity contribution in [1.29, 1.82) is 0 Å². The van der Waals surface area contributed by atoms with Crippen molar-refractivity contribution >= 4 is 23.1 Å². The van der Waals surface area contributed by atoms with Crippen molar-refractivity contribution in [3.8, 4) is 0 Å². The molecule has 0 aliphatic heterocycles. The first-order chi connectivity index (χ1) is 6.82. The second kappa shape index (κ2) is 5.31. The van der Waals surface area contributed by atoms with E-state index in [1.807, 2.05) is 0 Å². The number of carbonyl (C=O) groups excluding carboxylic acids is 4. The quantitative estimate of drug-likeness (QED) is 0.378. The minimum Gasteiger partial charge on any atom is -0.324 e. The molecule has 0 radical (unpaired) electrons. The van der Waals surface area contributed by atoms with Gasteiger partial charge in [-0.15, -0.1) is 0 Å². The van der Waals surface area contributed by atoms with E-state index < -0.39 is 35.3 Å². The highest BCUT2D eigenvalue weighted by molar-refractivity contribution is 6.32. The molecular weight excluding hydrogens is 198 g/mol. The van der Waals surface area contributed by atoms with Crippen molar-refractivity contribution in [2.75, 3.05) is 6.54 Å². The average molecular weight is 211 g/mol. The molecule has 0 rings (SSSR count). The van der Waals surface area contributed by atoms with Gasteiger partial charge in [-0.2, -0.15) is 0 Å². The Morgan fingerprint density at radius 2 is 1.13 bits per heavy atom. The Morgan fingerprint density at radius 1 is 0.800 bits per heavy atom. The van der Waals surface area contributed by atoms with Gasteiger partial charge in [-0.05, 0) is 20.8 Å². The molecule has 0 aromatic rings. The lowest BCUT2D eigenvalue weighted by atomic mass is 9.95. The number of nitrogens with two attached hydrogens (primary N) is 1. The lowest BCUT2D eigenvalue weighted by molar-refractivity contribution is -0.124. The number of ketones is 4. The minimum atomic E-state index is -0.692. The molecule has 0 amide bonds. The Labute approximate surface area is 87.3 Å². The molecule has 0 spiro atoms. The Kier molecular flexibility index (Phi) is 4.73. The van der Waals surface area contributed by atoms with Crippen LogP contribution in [0.1, 0.15) is 20.8 Å². The van der Waals surface area contributed by atoms with E-state index in [9.17, 15) is 19.2 Å². The number of Topliss-reactive ketones (excluding diaryl/α,β-unsaturated/α-hetero) is 4. The van der Waals surface area contributed by atoms with Crippen LogP contribution in [0, 0.1) is 0 Å². The van der Waals surface area contributed by atoms with Crippen LogP contribution in [0.15, 0.2) is 11.1 Å². The summed E-state index contributed by atoms with van der Waals surface area (Å²) in [5.74, 6) is -2.52. The highest BCUT2D eigenvalue weighted by Crippen LogP contribution is 2.10. The van der Waals surface area contributed by atoms with Gasteiger partial charge in [-0.3, -0.25) is 19.2 Å². The minimum absolute atomic E-state index is 0.363. The Bertz CT molecular complexity index is 350. The van der Waals surface area contributed by atoms with Crippen LogP contribution < -0.4 is 5.73 Å². The van der Waals surface area contributed by atoms with Gasteiger partial charge in [-0.1, -0.05) is 0 Å². The molecule has 0 aliphatic rings. The fourth-order valence-corrected chi connectivity index (χ4v) is 1.21. The lowest BCUT2D eigenvalue weighted by Gasteiger charge is -2.05. The molecule has 0 heterocycles. The number of allylic oxidation sites excluding steroid dienone is 1. The van der Waals surface area contributed by atoms with Crippen molar-refractivity contribution < 1.29 is 19.2 Å². The third kappa shape index (κ3) is 3.21. The molecule has 82 valence electrons. The number of hydrogen-bond donors (Lipinski definition) is 1. The Morgan fingerprint density at radius 3 is 1.33 bits per heavy atom. The number of carbonyl (C=O) groups is 4. The van der Waals surface area contributed by atoms with Crippen LogP contribution in [0.3, 0.4) is 0 Å². The molecule has 0 fully saturated rings. The lowest BCUT2D eigenvalue weighted by Crippen LogP contribution is -2.25. The van der Waals surface area contributed by atoms with Crippen LogP contribution in [-0.4, -0.2) is 29.7 Å². The molecule has 0 bridgehead atoms.